The Kier molecular flexibility index (Phi) is 8.44. The van der Waals surface area contributed by atoms with Crippen molar-refractivity contribution in [3.63, 3.8) is 0 Å². The van der Waals surface area contributed by atoms with Gasteiger partial charge in [-0.15, -0.1) is 0 Å². The van der Waals surface area contributed by atoms with Crippen molar-refractivity contribution >= 4 is 17.5 Å². The molecule has 2 aromatic rings. The second-order valence-corrected chi connectivity index (χ2v) is 9.92. The van der Waals surface area contributed by atoms with Gasteiger partial charge in [-0.05, 0) is 36.6 Å². The quantitative estimate of drug-likeness (QED) is 0.510. The highest BCUT2D eigenvalue weighted by atomic mass is 35.5. The molecule has 1 amide bonds. The maximum absolute atomic E-state index is 13.2. The molecule has 0 bridgehead atoms. The number of carbonyl (C=O) groups excluding carboxylic acids is 1. The third-order valence-electron chi connectivity index (χ3n) is 6.73. The number of ether oxygens (including phenoxy) is 2. The van der Waals surface area contributed by atoms with Gasteiger partial charge >= 0.3 is 0 Å². The summed E-state index contributed by atoms with van der Waals surface area (Å²) >= 11 is 6.17. The summed E-state index contributed by atoms with van der Waals surface area (Å²) in [5.41, 5.74) is 0.0960. The highest BCUT2D eigenvalue weighted by molar-refractivity contribution is 6.32. The van der Waals surface area contributed by atoms with Crippen molar-refractivity contribution in [2.24, 2.45) is 5.41 Å². The molecule has 0 radical (unpaired) electrons. The van der Waals surface area contributed by atoms with Gasteiger partial charge in [0.2, 0.25) is 0 Å². The minimum Gasteiger partial charge on any atom is -0.495 e. The van der Waals surface area contributed by atoms with E-state index >= 15 is 0 Å². The van der Waals surface area contributed by atoms with Crippen molar-refractivity contribution < 1.29 is 23.8 Å². The molecule has 1 saturated heterocycles. The van der Waals surface area contributed by atoms with Crippen LogP contribution in [0.1, 0.15) is 42.6 Å². The van der Waals surface area contributed by atoms with Gasteiger partial charge in [-0.1, -0.05) is 37.6 Å². The molecule has 186 valence electrons. The molecule has 8 heteroatoms. The Bertz CT molecular complexity index is 999. The number of nitrogens with zero attached hydrogens (tertiary/aromatic N) is 1. The number of aliphatic hydroxyl groups is 1. The van der Waals surface area contributed by atoms with Gasteiger partial charge in [-0.2, -0.15) is 0 Å². The Morgan fingerprint density at radius 3 is 2.56 bits per heavy atom. The maximum atomic E-state index is 13.2. The van der Waals surface area contributed by atoms with E-state index in [1.807, 2.05) is 0 Å². The van der Waals surface area contributed by atoms with E-state index in [9.17, 15) is 14.3 Å². The summed E-state index contributed by atoms with van der Waals surface area (Å²) in [4.78, 5) is 14.5. The lowest BCUT2D eigenvalue weighted by Gasteiger charge is -2.50. The summed E-state index contributed by atoms with van der Waals surface area (Å²) < 4.78 is 24.4. The standard InChI is InChI=1S/C26H34ClFN2O4/c1-25(2)17-30(12-10-26(25,32)16-18-6-8-19(28)9-7-18)11-5-13-34-22-15-23(33-4)21(27)14-20(22)24(31)29-3/h6-9,14-15,32H,5,10-13,16-17H2,1-4H3,(H,29,31). The van der Waals surface area contributed by atoms with Gasteiger partial charge in [0.25, 0.3) is 5.91 Å². The number of amides is 1. The summed E-state index contributed by atoms with van der Waals surface area (Å²) in [6.07, 6.45) is 1.88. The SMILES string of the molecule is CNC(=O)c1cc(Cl)c(OC)cc1OCCCN1CCC(O)(Cc2ccc(F)cc2)C(C)(C)C1. The molecule has 1 fully saturated rings. The van der Waals surface area contributed by atoms with Gasteiger partial charge in [0.1, 0.15) is 17.3 Å². The first kappa shape index (κ1) is 26.3. The third kappa shape index (κ3) is 6.01. The van der Waals surface area contributed by atoms with Crippen molar-refractivity contribution in [1.29, 1.82) is 0 Å². The van der Waals surface area contributed by atoms with Gasteiger partial charge in [-0.3, -0.25) is 4.79 Å². The Balaban J connectivity index is 1.56. The minimum atomic E-state index is -0.861. The topological polar surface area (TPSA) is 71.0 Å². The van der Waals surface area contributed by atoms with Gasteiger partial charge < -0.3 is 24.8 Å². The Morgan fingerprint density at radius 1 is 1.24 bits per heavy atom. The van der Waals surface area contributed by atoms with Crippen molar-refractivity contribution in [2.75, 3.05) is 40.4 Å². The predicted molar refractivity (Wildman–Crippen MR) is 131 cm³/mol. The number of methoxy groups -OCH3 is 1. The van der Waals surface area contributed by atoms with E-state index in [1.54, 1.807) is 31.3 Å². The summed E-state index contributed by atoms with van der Waals surface area (Å²) in [6, 6.07) is 9.53. The molecule has 0 spiro atoms. The Hall–Kier alpha value is -2.35. The zero-order chi connectivity index (χ0) is 24.9. The highest BCUT2D eigenvalue weighted by Gasteiger charge is 2.47. The van der Waals surface area contributed by atoms with Crippen LogP contribution < -0.4 is 14.8 Å². The first-order valence-corrected chi connectivity index (χ1v) is 11.9. The van der Waals surface area contributed by atoms with Gasteiger partial charge in [0, 0.05) is 44.6 Å². The first-order chi connectivity index (χ1) is 16.1. The van der Waals surface area contributed by atoms with Crippen LogP contribution in [0.2, 0.25) is 5.02 Å². The van der Waals surface area contributed by atoms with Crippen molar-refractivity contribution in [1.82, 2.24) is 10.2 Å². The van der Waals surface area contributed by atoms with Crippen molar-refractivity contribution in [3.8, 4) is 11.5 Å². The number of halogens is 2. The summed E-state index contributed by atoms with van der Waals surface area (Å²) in [5, 5.41) is 14.4. The first-order valence-electron chi connectivity index (χ1n) is 11.5. The fourth-order valence-corrected chi connectivity index (χ4v) is 4.76. The van der Waals surface area contributed by atoms with E-state index in [-0.39, 0.29) is 17.1 Å². The van der Waals surface area contributed by atoms with Gasteiger partial charge in [0.05, 0.1) is 29.9 Å². The van der Waals surface area contributed by atoms with Crippen LogP contribution in [-0.2, 0) is 6.42 Å². The van der Waals surface area contributed by atoms with Gasteiger partial charge in [-0.25, -0.2) is 4.39 Å². The minimum absolute atomic E-state index is 0.272. The molecule has 34 heavy (non-hydrogen) atoms. The molecule has 2 aromatic carbocycles. The van der Waals surface area contributed by atoms with E-state index in [0.717, 1.165) is 31.6 Å². The average molecular weight is 493 g/mol. The second kappa shape index (κ2) is 10.9. The lowest BCUT2D eigenvalue weighted by Crippen LogP contribution is -2.58. The summed E-state index contributed by atoms with van der Waals surface area (Å²) in [6.45, 7) is 6.88. The van der Waals surface area contributed by atoms with E-state index < -0.39 is 5.60 Å². The smallest absolute Gasteiger partial charge is 0.254 e. The van der Waals surface area contributed by atoms with Gasteiger partial charge in [0.15, 0.2) is 0 Å². The largest absolute Gasteiger partial charge is 0.495 e. The monoisotopic (exact) mass is 492 g/mol. The molecule has 1 heterocycles. The Labute approximate surface area is 206 Å². The predicted octanol–water partition coefficient (Wildman–Crippen LogP) is 4.32. The molecule has 0 saturated carbocycles. The number of hydrogen-bond donors (Lipinski definition) is 2. The fraction of sp³-hybridized carbons (Fsp3) is 0.500. The average Bonchev–Trinajstić information content (AvgIpc) is 2.80. The van der Waals surface area contributed by atoms with Crippen LogP contribution in [0.3, 0.4) is 0 Å². The second-order valence-electron chi connectivity index (χ2n) is 9.51. The normalized spacial score (nSPS) is 20.1. The lowest BCUT2D eigenvalue weighted by molar-refractivity contribution is -0.118. The van der Waals surface area contributed by atoms with Crippen LogP contribution in [0.5, 0.6) is 11.5 Å². The van der Waals surface area contributed by atoms with E-state index in [1.165, 1.54) is 19.2 Å². The molecule has 0 aromatic heterocycles. The molecule has 1 unspecified atom stereocenters. The zero-order valence-electron chi connectivity index (χ0n) is 20.3. The molecule has 1 aliphatic rings. The Morgan fingerprint density at radius 2 is 1.94 bits per heavy atom. The van der Waals surface area contributed by atoms with E-state index in [4.69, 9.17) is 21.1 Å². The molecular formula is C26H34ClFN2O4. The summed E-state index contributed by atoms with van der Waals surface area (Å²) in [5.74, 6) is 0.320. The van der Waals surface area contributed by atoms with Crippen LogP contribution in [0.25, 0.3) is 0 Å². The number of nitrogens with one attached hydrogen (secondary N) is 1. The molecular weight excluding hydrogens is 459 g/mol. The van der Waals surface area contributed by atoms with Crippen LogP contribution >= 0.6 is 11.6 Å². The van der Waals surface area contributed by atoms with Crippen molar-refractivity contribution in [3.05, 3.63) is 58.4 Å². The van der Waals surface area contributed by atoms with E-state index in [0.29, 0.717) is 41.5 Å². The molecule has 2 N–H and O–H groups in total. The number of benzene rings is 2. The number of hydrogen-bond acceptors (Lipinski definition) is 5. The number of rotatable bonds is 9. The van der Waals surface area contributed by atoms with Crippen LogP contribution in [0.4, 0.5) is 4.39 Å². The van der Waals surface area contributed by atoms with Crippen LogP contribution in [-0.4, -0.2) is 61.9 Å². The fourth-order valence-electron chi connectivity index (χ4n) is 4.52. The molecule has 3 rings (SSSR count). The molecule has 6 nitrogen and oxygen atoms in total. The van der Waals surface area contributed by atoms with Crippen LogP contribution in [0.15, 0.2) is 36.4 Å². The highest BCUT2D eigenvalue weighted by Crippen LogP contribution is 2.41. The molecule has 0 aliphatic carbocycles. The third-order valence-corrected chi connectivity index (χ3v) is 7.03. The summed E-state index contributed by atoms with van der Waals surface area (Å²) in [7, 11) is 3.07. The lowest BCUT2D eigenvalue weighted by atomic mass is 9.67. The maximum Gasteiger partial charge on any atom is 0.254 e. The number of piperidine rings is 1. The molecule has 1 atom stereocenters. The van der Waals surface area contributed by atoms with Crippen molar-refractivity contribution in [2.45, 2.75) is 38.7 Å². The number of carbonyl (C=O) groups is 1. The van der Waals surface area contributed by atoms with Crippen LogP contribution in [0, 0.1) is 11.2 Å². The zero-order valence-corrected chi connectivity index (χ0v) is 21.0. The number of likely N-dealkylation sites (tertiary alicyclic amines) is 1. The van der Waals surface area contributed by atoms with E-state index in [2.05, 4.69) is 24.1 Å². The molecule has 1 aliphatic heterocycles.